The number of rotatable bonds is 5. The zero-order valence-electron chi connectivity index (χ0n) is 18.3. The molecule has 6 heteroatoms. The SMILES string of the molecule is C/C(=C\c1ccccc1)CN1CCC(c2ccc(C(=O)N3CCOCC3)c(N)n2)CC1. The maximum Gasteiger partial charge on any atom is 0.257 e. The number of nitrogens with two attached hydrogens (primary N) is 1. The lowest BCUT2D eigenvalue weighted by molar-refractivity contribution is 0.0303. The zero-order chi connectivity index (χ0) is 21.6. The highest BCUT2D eigenvalue weighted by Crippen LogP contribution is 2.28. The summed E-state index contributed by atoms with van der Waals surface area (Å²) in [7, 11) is 0. The van der Waals surface area contributed by atoms with E-state index < -0.39 is 0 Å². The molecule has 0 saturated carbocycles. The first-order valence-corrected chi connectivity index (χ1v) is 11.2. The number of amides is 1. The summed E-state index contributed by atoms with van der Waals surface area (Å²) in [6.45, 7) is 7.65. The fourth-order valence-electron chi connectivity index (χ4n) is 4.45. The second kappa shape index (κ2) is 10.1. The van der Waals surface area contributed by atoms with Gasteiger partial charge in [-0.25, -0.2) is 4.98 Å². The van der Waals surface area contributed by atoms with Crippen molar-refractivity contribution in [3.05, 3.63) is 64.9 Å². The van der Waals surface area contributed by atoms with Crippen LogP contribution in [0.5, 0.6) is 0 Å². The first-order chi connectivity index (χ1) is 15.1. The van der Waals surface area contributed by atoms with Gasteiger partial charge >= 0.3 is 0 Å². The predicted octanol–water partition coefficient (Wildman–Crippen LogP) is 3.42. The number of anilines is 1. The molecule has 6 nitrogen and oxygen atoms in total. The molecule has 0 unspecified atom stereocenters. The lowest BCUT2D eigenvalue weighted by Crippen LogP contribution is -2.41. The van der Waals surface area contributed by atoms with Gasteiger partial charge in [0, 0.05) is 31.2 Å². The van der Waals surface area contributed by atoms with Gasteiger partial charge in [0.15, 0.2) is 0 Å². The van der Waals surface area contributed by atoms with Crippen LogP contribution in [0.15, 0.2) is 48.0 Å². The molecule has 0 atom stereocenters. The van der Waals surface area contributed by atoms with Gasteiger partial charge in [-0.05, 0) is 50.6 Å². The van der Waals surface area contributed by atoms with Gasteiger partial charge in [-0.1, -0.05) is 42.0 Å². The van der Waals surface area contributed by atoms with Crippen molar-refractivity contribution in [2.75, 3.05) is 51.7 Å². The number of hydrogen-bond donors (Lipinski definition) is 1. The molecular weight excluding hydrogens is 388 g/mol. The predicted molar refractivity (Wildman–Crippen MR) is 124 cm³/mol. The topological polar surface area (TPSA) is 71.7 Å². The van der Waals surface area contributed by atoms with Crippen molar-refractivity contribution in [2.45, 2.75) is 25.7 Å². The molecule has 0 spiro atoms. The van der Waals surface area contributed by atoms with Crippen molar-refractivity contribution < 1.29 is 9.53 Å². The molecular formula is C25H32N4O2. The molecule has 0 aliphatic carbocycles. The van der Waals surface area contributed by atoms with E-state index in [2.05, 4.69) is 47.1 Å². The van der Waals surface area contributed by atoms with E-state index in [9.17, 15) is 4.79 Å². The molecule has 4 rings (SSSR count). The third kappa shape index (κ3) is 5.51. The van der Waals surface area contributed by atoms with E-state index in [1.807, 2.05) is 18.2 Å². The maximum absolute atomic E-state index is 12.7. The van der Waals surface area contributed by atoms with E-state index in [1.54, 1.807) is 4.90 Å². The second-order valence-corrected chi connectivity index (χ2v) is 8.53. The second-order valence-electron chi connectivity index (χ2n) is 8.53. The molecule has 3 heterocycles. The Morgan fingerprint density at radius 2 is 1.81 bits per heavy atom. The highest BCUT2D eigenvalue weighted by atomic mass is 16.5. The molecule has 1 amide bonds. The third-order valence-electron chi connectivity index (χ3n) is 6.17. The van der Waals surface area contributed by atoms with Crippen molar-refractivity contribution in [3.8, 4) is 0 Å². The molecule has 2 aliphatic heterocycles. The van der Waals surface area contributed by atoms with E-state index in [0.717, 1.165) is 38.2 Å². The zero-order valence-corrected chi connectivity index (χ0v) is 18.3. The van der Waals surface area contributed by atoms with Gasteiger partial charge in [0.2, 0.25) is 0 Å². The van der Waals surface area contributed by atoms with Crippen LogP contribution >= 0.6 is 0 Å². The lowest BCUT2D eigenvalue weighted by atomic mass is 9.92. The van der Waals surface area contributed by atoms with Crippen molar-refractivity contribution >= 4 is 17.8 Å². The molecule has 1 aromatic carbocycles. The monoisotopic (exact) mass is 420 g/mol. The number of aromatic nitrogens is 1. The van der Waals surface area contributed by atoms with E-state index in [0.29, 0.717) is 43.6 Å². The molecule has 0 bridgehead atoms. The number of carbonyl (C=O) groups excluding carboxylic acids is 1. The Balaban J connectivity index is 1.33. The lowest BCUT2D eigenvalue weighted by Gasteiger charge is -2.32. The summed E-state index contributed by atoms with van der Waals surface area (Å²) < 4.78 is 5.33. The third-order valence-corrected chi connectivity index (χ3v) is 6.17. The van der Waals surface area contributed by atoms with Crippen LogP contribution in [0.4, 0.5) is 5.82 Å². The van der Waals surface area contributed by atoms with Crippen LogP contribution in [0.3, 0.4) is 0 Å². The van der Waals surface area contributed by atoms with Crippen LogP contribution in [-0.4, -0.2) is 66.6 Å². The standard InChI is InChI=1S/C25H32N4O2/c1-19(17-20-5-3-2-4-6-20)18-28-11-9-21(10-12-28)23-8-7-22(24(26)27-23)25(30)29-13-15-31-16-14-29/h2-8,17,21H,9-16,18H2,1H3,(H2,26,27)/b19-17+. The van der Waals surface area contributed by atoms with Crippen molar-refractivity contribution in [1.29, 1.82) is 0 Å². The number of likely N-dealkylation sites (tertiary alicyclic amines) is 1. The number of ether oxygens (including phenoxy) is 1. The fraction of sp³-hybridized carbons (Fsp3) is 0.440. The van der Waals surface area contributed by atoms with Crippen LogP contribution in [0.1, 0.15) is 47.3 Å². The minimum absolute atomic E-state index is 0.0460. The van der Waals surface area contributed by atoms with Crippen LogP contribution in [-0.2, 0) is 4.74 Å². The Morgan fingerprint density at radius 1 is 1.10 bits per heavy atom. The van der Waals surface area contributed by atoms with Crippen LogP contribution in [0.25, 0.3) is 6.08 Å². The number of hydrogen-bond acceptors (Lipinski definition) is 5. The largest absolute Gasteiger partial charge is 0.383 e. The van der Waals surface area contributed by atoms with Crippen molar-refractivity contribution in [3.63, 3.8) is 0 Å². The van der Waals surface area contributed by atoms with E-state index in [-0.39, 0.29) is 5.91 Å². The van der Waals surface area contributed by atoms with Crippen LogP contribution in [0, 0.1) is 0 Å². The molecule has 2 saturated heterocycles. The van der Waals surface area contributed by atoms with Gasteiger partial charge in [-0.2, -0.15) is 0 Å². The highest BCUT2D eigenvalue weighted by molar-refractivity contribution is 5.98. The summed E-state index contributed by atoms with van der Waals surface area (Å²) in [5.41, 5.74) is 10.3. The van der Waals surface area contributed by atoms with Crippen LogP contribution in [0.2, 0.25) is 0 Å². The number of nitrogen functional groups attached to an aromatic ring is 1. The van der Waals surface area contributed by atoms with Gasteiger partial charge in [-0.3, -0.25) is 9.69 Å². The Labute approximate surface area is 184 Å². The number of piperidine rings is 1. The summed E-state index contributed by atoms with van der Waals surface area (Å²) >= 11 is 0. The van der Waals surface area contributed by atoms with E-state index in [1.165, 1.54) is 11.1 Å². The molecule has 2 fully saturated rings. The number of pyridine rings is 1. The van der Waals surface area contributed by atoms with E-state index >= 15 is 0 Å². The average Bonchev–Trinajstić information content (AvgIpc) is 2.80. The first kappa shape index (κ1) is 21.5. The van der Waals surface area contributed by atoms with Crippen LogP contribution < -0.4 is 5.73 Å². The number of nitrogens with zero attached hydrogens (tertiary/aromatic N) is 3. The Morgan fingerprint density at radius 3 is 2.48 bits per heavy atom. The molecule has 2 aliphatic rings. The smallest absolute Gasteiger partial charge is 0.257 e. The Bertz CT molecular complexity index is 914. The molecule has 2 N–H and O–H groups in total. The number of morpholine rings is 1. The first-order valence-electron chi connectivity index (χ1n) is 11.2. The van der Waals surface area contributed by atoms with Gasteiger partial charge < -0.3 is 15.4 Å². The molecule has 1 aromatic heterocycles. The summed E-state index contributed by atoms with van der Waals surface area (Å²) in [6, 6.07) is 14.3. The van der Waals surface area contributed by atoms with Crippen molar-refractivity contribution in [1.82, 2.24) is 14.8 Å². The summed E-state index contributed by atoms with van der Waals surface area (Å²) in [5.74, 6) is 0.693. The van der Waals surface area contributed by atoms with Gasteiger partial charge in [0.1, 0.15) is 5.82 Å². The summed E-state index contributed by atoms with van der Waals surface area (Å²) in [5, 5.41) is 0. The summed E-state index contributed by atoms with van der Waals surface area (Å²) in [6.07, 6.45) is 4.38. The minimum Gasteiger partial charge on any atom is -0.383 e. The van der Waals surface area contributed by atoms with Gasteiger partial charge in [0.05, 0.1) is 18.8 Å². The molecule has 2 aromatic rings. The van der Waals surface area contributed by atoms with Crippen molar-refractivity contribution in [2.24, 2.45) is 0 Å². The number of benzene rings is 1. The normalized spacial score (nSPS) is 18.9. The average molecular weight is 421 g/mol. The Hall–Kier alpha value is -2.70. The maximum atomic E-state index is 12.7. The number of carbonyl (C=O) groups is 1. The van der Waals surface area contributed by atoms with Gasteiger partial charge in [0.25, 0.3) is 5.91 Å². The van der Waals surface area contributed by atoms with Gasteiger partial charge in [-0.15, -0.1) is 0 Å². The fourth-order valence-corrected chi connectivity index (χ4v) is 4.45. The molecule has 31 heavy (non-hydrogen) atoms. The minimum atomic E-state index is -0.0460. The summed E-state index contributed by atoms with van der Waals surface area (Å²) in [4.78, 5) is 21.6. The highest BCUT2D eigenvalue weighted by Gasteiger charge is 2.25. The Kier molecular flexibility index (Phi) is 6.99. The molecule has 0 radical (unpaired) electrons. The molecule has 164 valence electrons. The van der Waals surface area contributed by atoms with E-state index in [4.69, 9.17) is 10.5 Å². The quantitative estimate of drug-likeness (QED) is 0.803.